The largest absolute Gasteiger partial charge is 0.508 e. The molecule has 0 amide bonds. The molecule has 0 aromatic heterocycles. The molecule has 0 unspecified atom stereocenters. The van der Waals surface area contributed by atoms with Gasteiger partial charge in [0.05, 0.1) is 8.95 Å². The van der Waals surface area contributed by atoms with Crippen molar-refractivity contribution in [2.75, 3.05) is 0 Å². The van der Waals surface area contributed by atoms with E-state index in [4.69, 9.17) is 20.4 Å². The van der Waals surface area contributed by atoms with Crippen LogP contribution >= 0.6 is 31.9 Å². The molecule has 0 saturated heterocycles. The summed E-state index contributed by atoms with van der Waals surface area (Å²) in [6.07, 6.45) is 0. The highest BCUT2D eigenvalue weighted by Crippen LogP contribution is 2.32. The van der Waals surface area contributed by atoms with Gasteiger partial charge in [0, 0.05) is 5.56 Å². The lowest BCUT2D eigenvalue weighted by Crippen LogP contribution is -1.76. The lowest BCUT2D eigenvalue weighted by atomic mass is 10.2. The number of halogens is 2. The van der Waals surface area contributed by atoms with E-state index in [0.717, 1.165) is 0 Å². The lowest BCUT2D eigenvalue weighted by Gasteiger charge is -2.01. The van der Waals surface area contributed by atoms with Gasteiger partial charge in [-0.25, -0.2) is 0 Å². The molecule has 0 radical (unpaired) electrons. The Morgan fingerprint density at radius 1 is 0.789 bits per heavy atom. The number of rotatable bonds is 0. The highest BCUT2D eigenvalue weighted by atomic mass is 79.9. The van der Waals surface area contributed by atoms with E-state index in [1.807, 2.05) is 0 Å². The summed E-state index contributed by atoms with van der Waals surface area (Å²) in [5.41, 5.74) is 0.653. The predicted molar refractivity (Wildman–Crippen MR) is 79.7 cm³/mol. The molecule has 2 rings (SSSR count). The Morgan fingerprint density at radius 2 is 1.32 bits per heavy atom. The van der Waals surface area contributed by atoms with E-state index in [-0.39, 0.29) is 23.0 Å². The van der Waals surface area contributed by atoms with Gasteiger partial charge < -0.3 is 20.4 Å². The van der Waals surface area contributed by atoms with Gasteiger partial charge in [-0.05, 0) is 69.1 Å². The van der Waals surface area contributed by atoms with Crippen LogP contribution in [0.1, 0.15) is 5.56 Å². The van der Waals surface area contributed by atoms with Crippen molar-refractivity contribution >= 4 is 31.9 Å². The smallest absolute Gasteiger partial charge is 0.130 e. The Morgan fingerprint density at radius 3 is 1.79 bits per heavy atom. The first-order valence-corrected chi connectivity index (χ1v) is 6.76. The molecule has 0 heterocycles. The normalized spacial score (nSPS) is 9.63. The third-order valence-corrected chi connectivity index (χ3v) is 3.90. The molecule has 4 nitrogen and oxygen atoms in total. The second-order valence-electron chi connectivity index (χ2n) is 3.68. The Balaban J connectivity index is 0.000000191. The number of hydrogen-bond acceptors (Lipinski definition) is 4. The first-order chi connectivity index (χ1) is 8.82. The third-order valence-electron chi connectivity index (χ3n) is 2.27. The fourth-order valence-corrected chi connectivity index (χ4v) is 1.86. The number of phenolic OH excluding ortho intramolecular Hbond substituents is 4. The molecule has 0 bridgehead atoms. The summed E-state index contributed by atoms with van der Waals surface area (Å²) in [6.45, 7) is 1.72. The number of benzene rings is 2. The first kappa shape index (κ1) is 15.7. The highest BCUT2D eigenvalue weighted by molar-refractivity contribution is 9.11. The fraction of sp³-hybridized carbons (Fsp3) is 0.0769. The lowest BCUT2D eigenvalue weighted by molar-refractivity contribution is 0.454. The van der Waals surface area contributed by atoms with Crippen molar-refractivity contribution in [1.29, 1.82) is 0 Å². The zero-order chi connectivity index (χ0) is 14.6. The van der Waals surface area contributed by atoms with Gasteiger partial charge in [-0.3, -0.25) is 0 Å². The quantitative estimate of drug-likeness (QED) is 0.511. The second kappa shape index (κ2) is 6.68. The van der Waals surface area contributed by atoms with Crippen molar-refractivity contribution in [3.8, 4) is 23.0 Å². The number of aromatic hydroxyl groups is 4. The standard InChI is InChI=1S/C7H7BrO2.C6H5BrO2/c1-4-5(9)2-3-6(10)7(4)8;7-5-3-4(8)1-2-6(5)9/h2-3,9-10H,1H3;1-3,8-9H. The van der Waals surface area contributed by atoms with Crippen LogP contribution in [0.15, 0.2) is 39.3 Å². The molecule has 6 heteroatoms. The molecule has 2 aromatic carbocycles. The van der Waals surface area contributed by atoms with E-state index in [1.165, 1.54) is 30.3 Å². The number of phenols is 4. The maximum absolute atomic E-state index is 9.08. The minimum Gasteiger partial charge on any atom is -0.508 e. The van der Waals surface area contributed by atoms with Crippen LogP contribution < -0.4 is 0 Å². The van der Waals surface area contributed by atoms with Crippen LogP contribution in [-0.2, 0) is 0 Å². The summed E-state index contributed by atoms with van der Waals surface area (Å²) in [6, 6.07) is 7.15. The first-order valence-electron chi connectivity index (χ1n) is 5.17. The molecule has 2 aromatic rings. The molecule has 0 aliphatic rings. The molecule has 0 fully saturated rings. The molecule has 4 N–H and O–H groups in total. The zero-order valence-corrected chi connectivity index (χ0v) is 13.1. The Kier molecular flexibility index (Phi) is 5.50. The summed E-state index contributed by atoms with van der Waals surface area (Å²) < 4.78 is 1.05. The van der Waals surface area contributed by atoms with Crippen LogP contribution in [0, 0.1) is 6.92 Å². The minimum atomic E-state index is 0.132. The van der Waals surface area contributed by atoms with E-state index in [2.05, 4.69) is 31.9 Å². The molecule has 102 valence electrons. The van der Waals surface area contributed by atoms with Crippen LogP contribution in [0.4, 0.5) is 0 Å². The van der Waals surface area contributed by atoms with Gasteiger partial charge in [-0.2, -0.15) is 0 Å². The Hall–Kier alpha value is -1.40. The summed E-state index contributed by atoms with van der Waals surface area (Å²) in [5, 5.41) is 35.8. The van der Waals surface area contributed by atoms with E-state index < -0.39 is 0 Å². The van der Waals surface area contributed by atoms with E-state index in [0.29, 0.717) is 14.5 Å². The maximum Gasteiger partial charge on any atom is 0.130 e. The molecule has 0 aliphatic carbocycles. The van der Waals surface area contributed by atoms with Crippen LogP contribution in [0.3, 0.4) is 0 Å². The highest BCUT2D eigenvalue weighted by Gasteiger charge is 2.03. The maximum atomic E-state index is 9.08. The van der Waals surface area contributed by atoms with Gasteiger partial charge >= 0.3 is 0 Å². The summed E-state index contributed by atoms with van der Waals surface area (Å²) in [5.74, 6) is 0.604. The van der Waals surface area contributed by atoms with Crippen molar-refractivity contribution in [2.24, 2.45) is 0 Å². The van der Waals surface area contributed by atoms with Crippen molar-refractivity contribution in [1.82, 2.24) is 0 Å². The molecule has 0 saturated carbocycles. The molecule has 0 spiro atoms. The van der Waals surface area contributed by atoms with Gasteiger partial charge in [-0.15, -0.1) is 0 Å². The van der Waals surface area contributed by atoms with Crippen LogP contribution in [0.2, 0.25) is 0 Å². The Bertz CT molecular complexity index is 558. The molecular formula is C13H12Br2O4. The average molecular weight is 392 g/mol. The summed E-state index contributed by atoms with van der Waals surface area (Å²) in [7, 11) is 0. The topological polar surface area (TPSA) is 80.9 Å². The SMILES string of the molecule is Cc1c(O)ccc(O)c1Br.Oc1ccc(O)c(Br)c1. The van der Waals surface area contributed by atoms with Crippen molar-refractivity contribution in [2.45, 2.75) is 6.92 Å². The molecule has 0 aliphatic heterocycles. The van der Waals surface area contributed by atoms with Crippen LogP contribution in [0.5, 0.6) is 23.0 Å². The average Bonchev–Trinajstić information content (AvgIpc) is 2.37. The Labute approximate surface area is 127 Å². The van der Waals surface area contributed by atoms with Crippen molar-refractivity contribution in [3.05, 3.63) is 44.8 Å². The van der Waals surface area contributed by atoms with Gasteiger partial charge in [0.1, 0.15) is 23.0 Å². The zero-order valence-electron chi connectivity index (χ0n) is 9.93. The van der Waals surface area contributed by atoms with E-state index in [9.17, 15) is 0 Å². The summed E-state index contributed by atoms with van der Waals surface area (Å²) >= 11 is 6.16. The van der Waals surface area contributed by atoms with Gasteiger partial charge in [0.25, 0.3) is 0 Å². The summed E-state index contributed by atoms with van der Waals surface area (Å²) in [4.78, 5) is 0. The minimum absolute atomic E-state index is 0.132. The molecular weight excluding hydrogens is 380 g/mol. The van der Waals surface area contributed by atoms with E-state index in [1.54, 1.807) is 6.92 Å². The van der Waals surface area contributed by atoms with Crippen LogP contribution in [-0.4, -0.2) is 20.4 Å². The number of hydrogen-bond donors (Lipinski definition) is 4. The van der Waals surface area contributed by atoms with Gasteiger partial charge in [-0.1, -0.05) is 0 Å². The molecule has 0 atom stereocenters. The molecule has 19 heavy (non-hydrogen) atoms. The van der Waals surface area contributed by atoms with Crippen LogP contribution in [0.25, 0.3) is 0 Å². The second-order valence-corrected chi connectivity index (χ2v) is 5.33. The third kappa shape index (κ3) is 4.33. The monoisotopic (exact) mass is 390 g/mol. The van der Waals surface area contributed by atoms with Crippen molar-refractivity contribution < 1.29 is 20.4 Å². The fourth-order valence-electron chi connectivity index (χ4n) is 1.16. The van der Waals surface area contributed by atoms with Crippen molar-refractivity contribution in [3.63, 3.8) is 0 Å². The predicted octanol–water partition coefficient (Wildman–Crippen LogP) is 4.03. The van der Waals surface area contributed by atoms with Gasteiger partial charge in [0.15, 0.2) is 0 Å². The van der Waals surface area contributed by atoms with Gasteiger partial charge in [0.2, 0.25) is 0 Å². The van der Waals surface area contributed by atoms with E-state index >= 15 is 0 Å².